The molecule has 0 aliphatic heterocycles. The number of rotatable bonds is 8. The fraction of sp³-hybridized carbons (Fsp3) is 0.200. The molecule has 0 spiro atoms. The normalized spacial score (nSPS) is 10.7. The zero-order valence-electron chi connectivity index (χ0n) is 19.5. The molecular formula is C25H24ClN5O3S. The molecule has 2 aromatic heterocycles. The van der Waals surface area contributed by atoms with Crippen LogP contribution in [0.3, 0.4) is 0 Å². The molecule has 180 valence electrons. The predicted octanol–water partition coefficient (Wildman–Crippen LogP) is 5.41. The van der Waals surface area contributed by atoms with E-state index >= 15 is 0 Å². The van der Waals surface area contributed by atoms with Crippen LogP contribution in [0, 0.1) is 6.92 Å². The van der Waals surface area contributed by atoms with Gasteiger partial charge in [0, 0.05) is 16.1 Å². The Balaban J connectivity index is 1.58. The summed E-state index contributed by atoms with van der Waals surface area (Å²) in [4.78, 5) is 26.9. The third-order valence-corrected chi connectivity index (χ3v) is 6.92. The molecule has 2 aromatic carbocycles. The van der Waals surface area contributed by atoms with Gasteiger partial charge in [-0.1, -0.05) is 30.7 Å². The molecule has 0 aliphatic rings. The number of nitrogens with one attached hydrogen (secondary N) is 2. The molecular weight excluding hydrogens is 486 g/mol. The van der Waals surface area contributed by atoms with Crippen molar-refractivity contribution in [1.29, 1.82) is 0 Å². The topological polar surface area (TPSA) is 98.1 Å². The number of urea groups is 1. The minimum Gasteiger partial charge on any atom is -0.497 e. The van der Waals surface area contributed by atoms with Gasteiger partial charge in [-0.25, -0.2) is 4.79 Å². The Morgan fingerprint density at radius 2 is 1.83 bits per heavy atom. The van der Waals surface area contributed by atoms with Crippen molar-refractivity contribution in [3.63, 3.8) is 0 Å². The molecule has 2 N–H and O–H groups in total. The lowest BCUT2D eigenvalue weighted by Crippen LogP contribution is -2.29. The lowest BCUT2D eigenvalue weighted by atomic mass is 10.0. The number of thiophene rings is 1. The van der Waals surface area contributed by atoms with E-state index in [9.17, 15) is 9.59 Å². The third kappa shape index (κ3) is 5.36. The van der Waals surface area contributed by atoms with E-state index in [4.69, 9.17) is 16.3 Å². The molecule has 4 rings (SSSR count). The molecule has 0 bridgehead atoms. The lowest BCUT2D eigenvalue weighted by molar-refractivity contribution is 0.103. The fourth-order valence-electron chi connectivity index (χ4n) is 3.52. The van der Waals surface area contributed by atoms with Crippen LogP contribution in [-0.2, 0) is 13.0 Å². The van der Waals surface area contributed by atoms with E-state index in [0.29, 0.717) is 44.2 Å². The number of benzene rings is 2. The maximum atomic E-state index is 13.4. The summed E-state index contributed by atoms with van der Waals surface area (Å²) in [6.45, 7) is 3.95. The lowest BCUT2D eigenvalue weighted by Gasteiger charge is -2.11. The first-order chi connectivity index (χ1) is 16.9. The second kappa shape index (κ2) is 10.7. The smallest absolute Gasteiger partial charge is 0.319 e. The monoisotopic (exact) mass is 509 g/mol. The highest BCUT2D eigenvalue weighted by Gasteiger charge is 2.24. The second-order valence-corrected chi connectivity index (χ2v) is 9.15. The zero-order valence-corrected chi connectivity index (χ0v) is 21.0. The van der Waals surface area contributed by atoms with E-state index in [0.717, 1.165) is 11.3 Å². The number of nitrogens with zero attached hydrogens (tertiary/aromatic N) is 3. The summed E-state index contributed by atoms with van der Waals surface area (Å²) in [6.07, 6.45) is 0.770. The summed E-state index contributed by atoms with van der Waals surface area (Å²) in [5.41, 5.74) is 1.58. The zero-order chi connectivity index (χ0) is 24.9. The van der Waals surface area contributed by atoms with Crippen molar-refractivity contribution in [2.24, 2.45) is 0 Å². The van der Waals surface area contributed by atoms with Gasteiger partial charge in [0.2, 0.25) is 0 Å². The SMILES string of the molecule is CCc1cc(C(=O)c2ccccc2Cl)c(-n2c(C)nnc2CNC(=O)Nc2ccc(OC)cc2)s1. The molecule has 4 aromatic rings. The number of halogens is 1. The number of carbonyl (C=O) groups excluding carboxylic acids is 2. The van der Waals surface area contributed by atoms with Gasteiger partial charge in [-0.2, -0.15) is 0 Å². The van der Waals surface area contributed by atoms with Crippen molar-refractivity contribution < 1.29 is 14.3 Å². The summed E-state index contributed by atoms with van der Waals surface area (Å²) in [5, 5.41) is 15.1. The standard InChI is InChI=1S/C25H24ClN5O3S/c1-4-18-13-20(23(32)19-7-5-6-8-21(19)26)24(35-18)31-15(2)29-30-22(31)14-27-25(33)28-16-9-11-17(34-3)12-10-16/h5-13H,4,14H2,1-3H3,(H2,27,28,33). The van der Waals surface area contributed by atoms with Gasteiger partial charge >= 0.3 is 6.03 Å². The Hall–Kier alpha value is -3.69. The number of anilines is 1. The predicted molar refractivity (Wildman–Crippen MR) is 137 cm³/mol. The molecule has 0 atom stereocenters. The number of aromatic nitrogens is 3. The summed E-state index contributed by atoms with van der Waals surface area (Å²) < 4.78 is 6.94. The van der Waals surface area contributed by atoms with Gasteiger partial charge < -0.3 is 15.4 Å². The molecule has 0 saturated heterocycles. The Morgan fingerprint density at radius 1 is 1.09 bits per heavy atom. The highest BCUT2D eigenvalue weighted by atomic mass is 35.5. The Labute approximate surface area is 211 Å². The van der Waals surface area contributed by atoms with Crippen LogP contribution in [0.25, 0.3) is 5.00 Å². The van der Waals surface area contributed by atoms with Crippen molar-refractivity contribution in [3.8, 4) is 10.8 Å². The van der Waals surface area contributed by atoms with Crippen LogP contribution >= 0.6 is 22.9 Å². The Bertz CT molecular complexity index is 1360. The average Bonchev–Trinajstić information content (AvgIpc) is 3.45. The van der Waals surface area contributed by atoms with Crippen molar-refractivity contribution in [2.45, 2.75) is 26.8 Å². The van der Waals surface area contributed by atoms with Gasteiger partial charge in [-0.3, -0.25) is 9.36 Å². The van der Waals surface area contributed by atoms with Gasteiger partial charge in [-0.05, 0) is 55.8 Å². The number of ether oxygens (including phenoxy) is 1. The summed E-state index contributed by atoms with van der Waals surface area (Å²) in [5.74, 6) is 1.63. The highest BCUT2D eigenvalue weighted by molar-refractivity contribution is 7.15. The molecule has 0 aliphatic carbocycles. The van der Waals surface area contributed by atoms with Crippen LogP contribution in [0.15, 0.2) is 54.6 Å². The van der Waals surface area contributed by atoms with Gasteiger partial charge in [0.05, 0.1) is 24.2 Å². The Morgan fingerprint density at radius 3 is 2.51 bits per heavy atom. The maximum Gasteiger partial charge on any atom is 0.319 e. The van der Waals surface area contributed by atoms with E-state index in [-0.39, 0.29) is 12.3 Å². The number of aryl methyl sites for hydroxylation is 2. The van der Waals surface area contributed by atoms with E-state index in [1.807, 2.05) is 24.5 Å². The van der Waals surface area contributed by atoms with E-state index in [1.54, 1.807) is 55.6 Å². The first kappa shape index (κ1) is 24.4. The third-order valence-electron chi connectivity index (χ3n) is 5.32. The van der Waals surface area contributed by atoms with E-state index < -0.39 is 6.03 Å². The highest BCUT2D eigenvalue weighted by Crippen LogP contribution is 2.32. The van der Waals surface area contributed by atoms with Crippen LogP contribution in [0.2, 0.25) is 5.02 Å². The van der Waals surface area contributed by atoms with Gasteiger partial charge in [-0.15, -0.1) is 21.5 Å². The average molecular weight is 510 g/mol. The molecule has 0 unspecified atom stereocenters. The van der Waals surface area contributed by atoms with Crippen LogP contribution in [-0.4, -0.2) is 33.7 Å². The van der Waals surface area contributed by atoms with Gasteiger partial charge in [0.25, 0.3) is 0 Å². The number of carbonyl (C=O) groups is 2. The number of ketones is 1. The van der Waals surface area contributed by atoms with Crippen molar-refractivity contribution >= 4 is 40.4 Å². The van der Waals surface area contributed by atoms with Gasteiger partial charge in [0.15, 0.2) is 11.6 Å². The fourth-order valence-corrected chi connectivity index (χ4v) is 4.90. The van der Waals surface area contributed by atoms with Crippen molar-refractivity contribution in [2.75, 3.05) is 12.4 Å². The molecule has 0 fully saturated rings. The summed E-state index contributed by atoms with van der Waals surface area (Å²) in [7, 11) is 1.58. The first-order valence-corrected chi connectivity index (χ1v) is 12.1. The van der Waals surface area contributed by atoms with E-state index in [1.165, 1.54) is 11.3 Å². The van der Waals surface area contributed by atoms with Crippen LogP contribution in [0.1, 0.15) is 39.4 Å². The molecule has 10 heteroatoms. The molecule has 35 heavy (non-hydrogen) atoms. The second-order valence-electron chi connectivity index (χ2n) is 7.63. The first-order valence-electron chi connectivity index (χ1n) is 10.9. The minimum atomic E-state index is -0.393. The number of hydrogen-bond donors (Lipinski definition) is 2. The number of methoxy groups -OCH3 is 1. The largest absolute Gasteiger partial charge is 0.497 e. The van der Waals surface area contributed by atoms with Gasteiger partial charge in [0.1, 0.15) is 16.6 Å². The van der Waals surface area contributed by atoms with Crippen LogP contribution < -0.4 is 15.4 Å². The minimum absolute atomic E-state index is 0.113. The quantitative estimate of drug-likeness (QED) is 0.309. The van der Waals surface area contributed by atoms with Crippen LogP contribution in [0.4, 0.5) is 10.5 Å². The number of hydrogen-bond acceptors (Lipinski definition) is 6. The molecule has 0 saturated carbocycles. The molecule has 2 heterocycles. The van der Waals surface area contributed by atoms with Crippen molar-refractivity contribution in [3.05, 3.63) is 87.3 Å². The van der Waals surface area contributed by atoms with Crippen LogP contribution in [0.5, 0.6) is 5.75 Å². The summed E-state index contributed by atoms with van der Waals surface area (Å²) >= 11 is 7.80. The maximum absolute atomic E-state index is 13.4. The Kier molecular flexibility index (Phi) is 7.48. The molecule has 2 amide bonds. The van der Waals surface area contributed by atoms with E-state index in [2.05, 4.69) is 20.8 Å². The number of amides is 2. The summed E-state index contributed by atoms with van der Waals surface area (Å²) in [6, 6.07) is 15.5. The molecule has 8 nitrogen and oxygen atoms in total. The molecule has 0 radical (unpaired) electrons. The van der Waals surface area contributed by atoms with Crippen molar-refractivity contribution in [1.82, 2.24) is 20.1 Å².